The number of hydrogen-bond donors (Lipinski definition) is 1. The van der Waals surface area contributed by atoms with Crippen LogP contribution in [0, 0.1) is 5.41 Å². The Kier molecular flexibility index (Phi) is 6.81. The standard InChI is InChI=1S/C47H32N2/c1-31(45-37-20-10-12-22-39(37)46(33-15-4-2-5-16-33)40-23-13-11-21-38(40)45)24-28-43(48)34-26-29-44-42(30-34)41-27-25-32-14-8-9-19-36(32)47(41)49(44)35-17-6-3-7-18-35/h2-30,48H,1H2/b28-24-,48-43?. The second-order valence-electron chi connectivity index (χ2n) is 12.6. The van der Waals surface area contributed by atoms with Gasteiger partial charge in [-0.15, -0.1) is 0 Å². The molecule has 0 aliphatic carbocycles. The molecule has 230 valence electrons. The molecule has 0 unspecified atom stereocenters. The summed E-state index contributed by atoms with van der Waals surface area (Å²) in [5, 5.41) is 18.6. The molecule has 0 spiro atoms. The molecular formula is C47H32N2. The first-order valence-corrected chi connectivity index (χ1v) is 16.6. The van der Waals surface area contributed by atoms with Crippen LogP contribution in [0.5, 0.6) is 0 Å². The number of aromatic nitrogens is 1. The molecule has 0 fully saturated rings. The molecule has 9 rings (SSSR count). The zero-order chi connectivity index (χ0) is 32.9. The first-order chi connectivity index (χ1) is 24.2. The quantitative estimate of drug-likeness (QED) is 0.108. The highest BCUT2D eigenvalue weighted by atomic mass is 15.0. The number of para-hydroxylation sites is 1. The molecule has 1 heterocycles. The summed E-state index contributed by atoms with van der Waals surface area (Å²) in [6.07, 6.45) is 3.90. The zero-order valence-electron chi connectivity index (χ0n) is 26.9. The molecule has 49 heavy (non-hydrogen) atoms. The summed E-state index contributed by atoms with van der Waals surface area (Å²) >= 11 is 0. The number of nitrogens with zero attached hydrogens (tertiary/aromatic N) is 1. The minimum Gasteiger partial charge on any atom is -0.309 e. The Morgan fingerprint density at radius 2 is 1.10 bits per heavy atom. The molecule has 0 saturated heterocycles. The van der Waals surface area contributed by atoms with Crippen molar-refractivity contribution in [1.82, 2.24) is 4.57 Å². The number of fused-ring (bicyclic) bond motifs is 7. The molecule has 2 nitrogen and oxygen atoms in total. The highest BCUT2D eigenvalue weighted by molar-refractivity contribution is 6.22. The van der Waals surface area contributed by atoms with Crippen LogP contribution in [0.4, 0.5) is 0 Å². The van der Waals surface area contributed by atoms with E-state index in [1.807, 2.05) is 12.2 Å². The van der Waals surface area contributed by atoms with E-state index in [9.17, 15) is 5.41 Å². The van der Waals surface area contributed by atoms with Crippen molar-refractivity contribution in [3.05, 3.63) is 194 Å². The summed E-state index contributed by atoms with van der Waals surface area (Å²) in [7, 11) is 0. The molecular weight excluding hydrogens is 593 g/mol. The Hall–Kier alpha value is -6.51. The topological polar surface area (TPSA) is 28.8 Å². The molecule has 1 aromatic heterocycles. The first kappa shape index (κ1) is 28.7. The number of benzene rings is 8. The third-order valence-corrected chi connectivity index (χ3v) is 9.74. The predicted octanol–water partition coefficient (Wildman–Crippen LogP) is 12.5. The van der Waals surface area contributed by atoms with E-state index in [2.05, 4.69) is 175 Å². The summed E-state index contributed by atoms with van der Waals surface area (Å²) in [6, 6.07) is 57.7. The van der Waals surface area contributed by atoms with Gasteiger partial charge in [0.25, 0.3) is 0 Å². The van der Waals surface area contributed by atoms with Gasteiger partial charge in [-0.3, -0.25) is 0 Å². The average Bonchev–Trinajstić information content (AvgIpc) is 3.50. The van der Waals surface area contributed by atoms with E-state index in [0.717, 1.165) is 44.1 Å². The molecule has 0 saturated carbocycles. The summed E-state index contributed by atoms with van der Waals surface area (Å²) < 4.78 is 2.35. The maximum Gasteiger partial charge on any atom is 0.0619 e. The largest absolute Gasteiger partial charge is 0.309 e. The molecule has 0 aliphatic rings. The highest BCUT2D eigenvalue weighted by Crippen LogP contribution is 2.42. The Labute approximate surface area is 285 Å². The van der Waals surface area contributed by atoms with Gasteiger partial charge in [0.05, 0.1) is 16.7 Å². The zero-order valence-corrected chi connectivity index (χ0v) is 26.9. The third kappa shape index (κ3) is 4.69. The van der Waals surface area contributed by atoms with E-state index in [1.54, 1.807) is 0 Å². The number of hydrogen-bond acceptors (Lipinski definition) is 1. The van der Waals surface area contributed by atoms with Gasteiger partial charge in [-0.2, -0.15) is 0 Å². The molecule has 0 aliphatic heterocycles. The van der Waals surface area contributed by atoms with Gasteiger partial charge in [0.1, 0.15) is 0 Å². The summed E-state index contributed by atoms with van der Waals surface area (Å²) in [6.45, 7) is 4.56. The van der Waals surface area contributed by atoms with Crippen LogP contribution in [-0.4, -0.2) is 10.3 Å². The van der Waals surface area contributed by atoms with Crippen molar-refractivity contribution in [2.45, 2.75) is 0 Å². The van der Waals surface area contributed by atoms with Crippen molar-refractivity contribution in [2.75, 3.05) is 0 Å². The van der Waals surface area contributed by atoms with Gasteiger partial charge in [-0.25, -0.2) is 0 Å². The van der Waals surface area contributed by atoms with Crippen LogP contribution < -0.4 is 0 Å². The monoisotopic (exact) mass is 624 g/mol. The maximum absolute atomic E-state index is 9.21. The van der Waals surface area contributed by atoms with Crippen LogP contribution in [0.1, 0.15) is 11.1 Å². The van der Waals surface area contributed by atoms with Crippen LogP contribution in [0.25, 0.3) is 76.5 Å². The van der Waals surface area contributed by atoms with E-state index < -0.39 is 0 Å². The molecule has 0 bridgehead atoms. The Morgan fingerprint density at radius 3 is 1.80 bits per heavy atom. The van der Waals surface area contributed by atoms with Gasteiger partial charge in [0.15, 0.2) is 0 Å². The predicted molar refractivity (Wildman–Crippen MR) is 210 cm³/mol. The fourth-order valence-corrected chi connectivity index (χ4v) is 7.55. The fraction of sp³-hybridized carbons (Fsp3) is 0. The number of allylic oxidation sites excluding steroid dienone is 3. The maximum atomic E-state index is 9.21. The number of nitrogens with one attached hydrogen (secondary N) is 1. The lowest BCUT2D eigenvalue weighted by atomic mass is 9.86. The summed E-state index contributed by atoms with van der Waals surface area (Å²) in [4.78, 5) is 0. The smallest absolute Gasteiger partial charge is 0.0619 e. The molecule has 2 heteroatoms. The van der Waals surface area contributed by atoms with Gasteiger partial charge < -0.3 is 9.98 Å². The van der Waals surface area contributed by atoms with Gasteiger partial charge >= 0.3 is 0 Å². The van der Waals surface area contributed by atoms with Gasteiger partial charge in [-0.1, -0.05) is 152 Å². The van der Waals surface area contributed by atoms with E-state index in [4.69, 9.17) is 0 Å². The summed E-state index contributed by atoms with van der Waals surface area (Å²) in [5.74, 6) is 0. The molecule has 9 aromatic rings. The van der Waals surface area contributed by atoms with Crippen LogP contribution >= 0.6 is 0 Å². The summed E-state index contributed by atoms with van der Waals surface area (Å²) in [5.41, 5.74) is 9.15. The molecule has 1 N–H and O–H groups in total. The SMILES string of the molecule is C=C(/C=C\C(=N)c1ccc2c(c1)c1ccc3ccccc3c1n2-c1ccccc1)c1c2ccccc2c(-c2ccccc2)c2ccccc12. The van der Waals surface area contributed by atoms with Crippen LogP contribution in [-0.2, 0) is 0 Å². The lowest BCUT2D eigenvalue weighted by Gasteiger charge is -2.17. The second-order valence-corrected chi connectivity index (χ2v) is 12.6. The lowest BCUT2D eigenvalue weighted by Crippen LogP contribution is -1.97. The first-order valence-electron chi connectivity index (χ1n) is 16.6. The van der Waals surface area contributed by atoms with Crippen LogP contribution in [0.2, 0.25) is 0 Å². The van der Waals surface area contributed by atoms with Gasteiger partial charge in [-0.05, 0) is 79.5 Å². The van der Waals surface area contributed by atoms with Crippen LogP contribution in [0.15, 0.2) is 183 Å². The van der Waals surface area contributed by atoms with E-state index in [0.29, 0.717) is 5.71 Å². The fourth-order valence-electron chi connectivity index (χ4n) is 7.55. The molecule has 8 aromatic carbocycles. The van der Waals surface area contributed by atoms with Crippen molar-refractivity contribution in [3.63, 3.8) is 0 Å². The Morgan fingerprint density at radius 1 is 0.510 bits per heavy atom. The molecule has 0 atom stereocenters. The van der Waals surface area contributed by atoms with Gasteiger partial charge in [0.2, 0.25) is 0 Å². The van der Waals surface area contributed by atoms with Crippen molar-refractivity contribution in [1.29, 1.82) is 5.41 Å². The van der Waals surface area contributed by atoms with Gasteiger partial charge in [0, 0.05) is 27.4 Å². The van der Waals surface area contributed by atoms with E-state index in [-0.39, 0.29) is 0 Å². The average molecular weight is 625 g/mol. The molecule has 0 amide bonds. The number of rotatable bonds is 6. The highest BCUT2D eigenvalue weighted by Gasteiger charge is 2.18. The Bertz CT molecular complexity index is 2730. The molecule has 0 radical (unpaired) electrons. The van der Waals surface area contributed by atoms with Crippen molar-refractivity contribution in [3.8, 4) is 16.8 Å². The van der Waals surface area contributed by atoms with Crippen molar-refractivity contribution in [2.24, 2.45) is 0 Å². The van der Waals surface area contributed by atoms with Crippen molar-refractivity contribution >= 4 is 65.4 Å². The lowest BCUT2D eigenvalue weighted by molar-refractivity contribution is 1.19. The normalized spacial score (nSPS) is 11.8. The van der Waals surface area contributed by atoms with E-state index in [1.165, 1.54) is 43.6 Å². The minimum atomic E-state index is 0.443. The third-order valence-electron chi connectivity index (χ3n) is 9.74. The Balaban J connectivity index is 1.16. The minimum absolute atomic E-state index is 0.443. The van der Waals surface area contributed by atoms with Crippen LogP contribution in [0.3, 0.4) is 0 Å². The second kappa shape index (κ2) is 11.6. The van der Waals surface area contributed by atoms with Crippen molar-refractivity contribution < 1.29 is 0 Å². The van der Waals surface area contributed by atoms with E-state index >= 15 is 0 Å².